The molecule has 0 aliphatic heterocycles. The number of hydrogen-bond donors (Lipinski definition) is 3. The first kappa shape index (κ1) is 12.2. The molecular weight excluding hydrogens is 232 g/mol. The van der Waals surface area contributed by atoms with E-state index in [4.69, 9.17) is 0 Å². The van der Waals surface area contributed by atoms with Crippen molar-refractivity contribution in [2.45, 2.75) is 13.8 Å². The summed E-state index contributed by atoms with van der Waals surface area (Å²) >= 11 is 0. The minimum atomic E-state index is -0.251. The maximum atomic E-state index is 11.3. The van der Waals surface area contributed by atoms with Gasteiger partial charge < -0.3 is 20.2 Å². The molecule has 0 fully saturated rings. The van der Waals surface area contributed by atoms with Gasteiger partial charge in [0.25, 0.3) is 0 Å². The van der Waals surface area contributed by atoms with E-state index in [1.165, 1.54) is 0 Å². The van der Waals surface area contributed by atoms with Crippen LogP contribution in [0.4, 0.5) is 11.4 Å². The van der Waals surface area contributed by atoms with Gasteiger partial charge in [0.05, 0.1) is 22.4 Å². The molecule has 0 spiro atoms. The maximum absolute atomic E-state index is 11.3. The Morgan fingerprint density at radius 2 is 1.83 bits per heavy atom. The fourth-order valence-electron chi connectivity index (χ4n) is 2.08. The number of H-pyrrole nitrogens is 2. The monoisotopic (exact) mass is 248 g/mol. The van der Waals surface area contributed by atoms with Gasteiger partial charge in [-0.2, -0.15) is 0 Å². The minimum Gasteiger partial charge on any atom is -0.370 e. The number of aromatic amines is 2. The number of hydrogen-bond acceptors (Lipinski definition) is 3. The molecule has 0 atom stereocenters. The van der Waals surface area contributed by atoms with Gasteiger partial charge in [-0.05, 0) is 26.0 Å². The molecule has 0 aliphatic rings. The summed E-state index contributed by atoms with van der Waals surface area (Å²) < 4.78 is 0. The topological polar surface area (TPSA) is 81.0 Å². The van der Waals surface area contributed by atoms with Crippen LogP contribution < -0.4 is 15.9 Å². The molecule has 0 bridgehead atoms. The molecule has 1 aromatic carbocycles. The molecule has 1 amide bonds. The van der Waals surface area contributed by atoms with E-state index in [0.717, 1.165) is 24.3 Å². The number of amides is 1. The number of anilines is 2. The predicted octanol–water partition coefficient (Wildman–Crippen LogP) is 1.27. The number of carbonyl (C=O) groups excluding carboxylic acids is 1. The van der Waals surface area contributed by atoms with Crippen molar-refractivity contribution in [3.63, 3.8) is 0 Å². The van der Waals surface area contributed by atoms with Crippen molar-refractivity contribution in [2.75, 3.05) is 23.3 Å². The number of aromatic nitrogens is 2. The first-order valence-corrected chi connectivity index (χ1v) is 5.90. The van der Waals surface area contributed by atoms with Crippen LogP contribution in [0.3, 0.4) is 0 Å². The van der Waals surface area contributed by atoms with Gasteiger partial charge in [-0.3, -0.25) is 4.79 Å². The second kappa shape index (κ2) is 4.95. The smallest absolute Gasteiger partial charge is 0.323 e. The lowest BCUT2D eigenvalue weighted by Crippen LogP contribution is -2.23. The molecular formula is C12H16N4O2. The lowest BCUT2D eigenvalue weighted by atomic mass is 10.2. The molecule has 0 radical (unpaired) electrons. The fraction of sp³-hybridized carbons (Fsp3) is 0.333. The van der Waals surface area contributed by atoms with Gasteiger partial charge in [0.15, 0.2) is 0 Å². The van der Waals surface area contributed by atoms with E-state index >= 15 is 0 Å². The summed E-state index contributed by atoms with van der Waals surface area (Å²) in [5, 5.41) is 2.67. The molecule has 0 unspecified atom stereocenters. The van der Waals surface area contributed by atoms with Crippen molar-refractivity contribution in [2.24, 2.45) is 0 Å². The van der Waals surface area contributed by atoms with Crippen LogP contribution in [0.15, 0.2) is 16.9 Å². The molecule has 18 heavy (non-hydrogen) atoms. The van der Waals surface area contributed by atoms with Gasteiger partial charge >= 0.3 is 5.69 Å². The van der Waals surface area contributed by atoms with Crippen LogP contribution in [-0.2, 0) is 4.79 Å². The highest BCUT2D eigenvalue weighted by Gasteiger charge is 2.11. The van der Waals surface area contributed by atoms with Crippen molar-refractivity contribution in [1.82, 2.24) is 9.97 Å². The number of nitrogens with one attached hydrogen (secondary N) is 3. The number of fused-ring (bicyclic) bond motifs is 1. The summed E-state index contributed by atoms with van der Waals surface area (Å²) in [4.78, 5) is 29.4. The Labute approximate surface area is 104 Å². The molecule has 0 aliphatic carbocycles. The number of carbonyl (C=O) groups is 1. The lowest BCUT2D eigenvalue weighted by Gasteiger charge is -2.23. The van der Waals surface area contributed by atoms with Crippen LogP contribution in [0.5, 0.6) is 0 Å². The summed E-state index contributed by atoms with van der Waals surface area (Å²) in [6.45, 7) is 5.73. The van der Waals surface area contributed by atoms with E-state index in [9.17, 15) is 9.59 Å². The van der Waals surface area contributed by atoms with Crippen molar-refractivity contribution >= 4 is 28.8 Å². The van der Waals surface area contributed by atoms with Gasteiger partial charge in [0.1, 0.15) is 0 Å². The number of nitrogens with zero attached hydrogens (tertiary/aromatic N) is 1. The summed E-state index contributed by atoms with van der Waals surface area (Å²) in [7, 11) is 0. The van der Waals surface area contributed by atoms with Crippen LogP contribution >= 0.6 is 0 Å². The third kappa shape index (κ3) is 2.09. The average molecular weight is 248 g/mol. The quantitative estimate of drug-likeness (QED) is 0.697. The van der Waals surface area contributed by atoms with Crippen molar-refractivity contribution in [3.05, 3.63) is 22.6 Å². The van der Waals surface area contributed by atoms with Crippen LogP contribution in [0.1, 0.15) is 13.8 Å². The van der Waals surface area contributed by atoms with Crippen LogP contribution in [0, 0.1) is 0 Å². The second-order valence-corrected chi connectivity index (χ2v) is 3.93. The van der Waals surface area contributed by atoms with E-state index < -0.39 is 0 Å². The number of imidazole rings is 1. The number of rotatable bonds is 5. The van der Waals surface area contributed by atoms with Crippen LogP contribution in [0.25, 0.3) is 11.0 Å². The third-order valence-corrected chi connectivity index (χ3v) is 2.95. The van der Waals surface area contributed by atoms with E-state index in [-0.39, 0.29) is 5.69 Å². The first-order valence-electron chi connectivity index (χ1n) is 5.90. The van der Waals surface area contributed by atoms with Gasteiger partial charge in [-0.15, -0.1) is 0 Å². The lowest BCUT2D eigenvalue weighted by molar-refractivity contribution is -0.105. The molecule has 0 saturated heterocycles. The molecule has 1 aromatic heterocycles. The van der Waals surface area contributed by atoms with E-state index in [1.807, 2.05) is 19.9 Å². The average Bonchev–Trinajstić information content (AvgIpc) is 2.70. The molecule has 3 N–H and O–H groups in total. The Bertz CT molecular complexity index is 610. The van der Waals surface area contributed by atoms with E-state index in [0.29, 0.717) is 17.6 Å². The summed E-state index contributed by atoms with van der Waals surface area (Å²) in [5.41, 5.74) is 2.75. The number of benzene rings is 1. The van der Waals surface area contributed by atoms with Gasteiger partial charge in [0.2, 0.25) is 6.41 Å². The van der Waals surface area contributed by atoms with Gasteiger partial charge in [0, 0.05) is 13.1 Å². The first-order chi connectivity index (χ1) is 8.69. The zero-order valence-corrected chi connectivity index (χ0v) is 10.4. The van der Waals surface area contributed by atoms with Crippen LogP contribution in [-0.4, -0.2) is 29.5 Å². The zero-order valence-electron chi connectivity index (χ0n) is 10.4. The second-order valence-electron chi connectivity index (χ2n) is 3.93. The Hall–Kier alpha value is -2.24. The Morgan fingerprint density at radius 1 is 1.22 bits per heavy atom. The van der Waals surface area contributed by atoms with Crippen molar-refractivity contribution in [3.8, 4) is 0 Å². The van der Waals surface area contributed by atoms with E-state index in [1.54, 1.807) is 6.07 Å². The summed E-state index contributed by atoms with van der Waals surface area (Å²) in [5.74, 6) is 0. The molecule has 2 rings (SSSR count). The molecule has 1 heterocycles. The highest BCUT2D eigenvalue weighted by atomic mass is 16.1. The minimum absolute atomic E-state index is 0.251. The van der Waals surface area contributed by atoms with Gasteiger partial charge in [-0.25, -0.2) is 4.79 Å². The zero-order chi connectivity index (χ0) is 13.1. The van der Waals surface area contributed by atoms with Gasteiger partial charge in [-0.1, -0.05) is 0 Å². The molecule has 2 aromatic rings. The normalized spacial score (nSPS) is 10.6. The Kier molecular flexibility index (Phi) is 3.36. The maximum Gasteiger partial charge on any atom is 0.323 e. The Morgan fingerprint density at radius 3 is 2.39 bits per heavy atom. The van der Waals surface area contributed by atoms with E-state index in [2.05, 4.69) is 20.2 Å². The highest BCUT2D eigenvalue weighted by molar-refractivity contribution is 5.91. The predicted molar refractivity (Wildman–Crippen MR) is 72.2 cm³/mol. The molecule has 6 heteroatoms. The standard InChI is InChI=1S/C12H16N4O2/c1-3-16(4-2)11-6-9-8(14-12(18)15-9)5-10(11)13-7-17/h5-7H,3-4H2,1-2H3,(H,13,17)(H2,14,15,18). The molecule has 96 valence electrons. The summed E-state index contributed by atoms with van der Waals surface area (Å²) in [6, 6.07) is 3.63. The van der Waals surface area contributed by atoms with Crippen molar-refractivity contribution < 1.29 is 4.79 Å². The largest absolute Gasteiger partial charge is 0.370 e. The summed E-state index contributed by atoms with van der Waals surface area (Å²) in [6.07, 6.45) is 0.638. The fourth-order valence-corrected chi connectivity index (χ4v) is 2.08. The van der Waals surface area contributed by atoms with Crippen molar-refractivity contribution in [1.29, 1.82) is 0 Å². The van der Waals surface area contributed by atoms with Crippen LogP contribution in [0.2, 0.25) is 0 Å². The molecule has 6 nitrogen and oxygen atoms in total. The third-order valence-electron chi connectivity index (χ3n) is 2.95. The SMILES string of the molecule is CCN(CC)c1cc2[nH]c(=O)[nH]c2cc1NC=O. The highest BCUT2D eigenvalue weighted by Crippen LogP contribution is 2.29. The Balaban J connectivity index is 2.62. The molecule has 0 saturated carbocycles.